The van der Waals surface area contributed by atoms with Gasteiger partial charge in [0.1, 0.15) is 6.04 Å². The highest BCUT2D eigenvalue weighted by molar-refractivity contribution is 5.84. The van der Waals surface area contributed by atoms with Crippen molar-refractivity contribution in [1.29, 1.82) is 0 Å². The van der Waals surface area contributed by atoms with Gasteiger partial charge >= 0.3 is 5.97 Å². The maximum atomic E-state index is 12.0. The lowest BCUT2D eigenvalue weighted by Crippen LogP contribution is -2.40. The monoisotopic (exact) mass is 267 g/mol. The Morgan fingerprint density at radius 1 is 1.53 bits per heavy atom. The van der Waals surface area contributed by atoms with Crippen molar-refractivity contribution in [3.8, 4) is 0 Å². The summed E-state index contributed by atoms with van der Waals surface area (Å²) in [6, 6.07) is -0.654. The molecule has 0 radical (unpaired) electrons. The van der Waals surface area contributed by atoms with E-state index in [4.69, 9.17) is 9.63 Å². The van der Waals surface area contributed by atoms with E-state index >= 15 is 0 Å². The first kappa shape index (κ1) is 13.5. The maximum Gasteiger partial charge on any atom is 0.326 e. The number of carbonyl (C=O) groups is 2. The zero-order valence-corrected chi connectivity index (χ0v) is 10.8. The van der Waals surface area contributed by atoms with E-state index in [1.165, 1.54) is 4.90 Å². The molecule has 0 bridgehead atoms. The topological polar surface area (TPSA) is 96.5 Å². The fourth-order valence-electron chi connectivity index (χ4n) is 2.30. The largest absolute Gasteiger partial charge is 0.480 e. The van der Waals surface area contributed by atoms with Crippen LogP contribution in [0.1, 0.15) is 37.4 Å². The van der Waals surface area contributed by atoms with Crippen LogP contribution < -0.4 is 0 Å². The summed E-state index contributed by atoms with van der Waals surface area (Å²) in [6.45, 7) is 2.27. The van der Waals surface area contributed by atoms with Crippen LogP contribution in [0.2, 0.25) is 0 Å². The van der Waals surface area contributed by atoms with Crippen LogP contribution >= 0.6 is 0 Å². The fourth-order valence-corrected chi connectivity index (χ4v) is 2.30. The summed E-state index contributed by atoms with van der Waals surface area (Å²) >= 11 is 0. The molecular formula is C12H17N3O4. The second-order valence-electron chi connectivity index (χ2n) is 4.67. The van der Waals surface area contributed by atoms with Gasteiger partial charge in [0, 0.05) is 19.4 Å². The lowest BCUT2D eigenvalue weighted by atomic mass is 10.2. The summed E-state index contributed by atoms with van der Waals surface area (Å²) in [7, 11) is 0. The highest BCUT2D eigenvalue weighted by atomic mass is 16.5. The van der Waals surface area contributed by atoms with Gasteiger partial charge in [-0.2, -0.15) is 4.98 Å². The molecule has 1 aliphatic rings. The molecule has 1 saturated heterocycles. The Kier molecular flexibility index (Phi) is 4.13. The van der Waals surface area contributed by atoms with Gasteiger partial charge in [-0.05, 0) is 26.2 Å². The average Bonchev–Trinajstić information content (AvgIpc) is 2.97. The molecule has 104 valence electrons. The summed E-state index contributed by atoms with van der Waals surface area (Å²) in [5.74, 6) is 0.0628. The lowest BCUT2D eigenvalue weighted by molar-refractivity contribution is -0.148. The van der Waals surface area contributed by atoms with Crippen molar-refractivity contribution in [2.75, 3.05) is 6.54 Å². The molecule has 1 unspecified atom stereocenters. The van der Waals surface area contributed by atoms with E-state index in [1.54, 1.807) is 6.92 Å². The van der Waals surface area contributed by atoms with E-state index in [-0.39, 0.29) is 5.91 Å². The van der Waals surface area contributed by atoms with Crippen LogP contribution in [-0.4, -0.2) is 44.6 Å². The van der Waals surface area contributed by atoms with Crippen molar-refractivity contribution in [1.82, 2.24) is 15.0 Å². The van der Waals surface area contributed by atoms with Gasteiger partial charge in [-0.3, -0.25) is 4.79 Å². The standard InChI is InChI=1S/C12H17N3O4/c1-8-13-10(19-14-8)5-2-6-11(16)15-7-3-4-9(15)12(17)18/h9H,2-7H2,1H3,(H,17,18). The van der Waals surface area contributed by atoms with E-state index in [0.717, 1.165) is 6.42 Å². The van der Waals surface area contributed by atoms with Gasteiger partial charge in [-0.1, -0.05) is 5.16 Å². The van der Waals surface area contributed by atoms with Crippen LogP contribution in [0.3, 0.4) is 0 Å². The van der Waals surface area contributed by atoms with Gasteiger partial charge in [-0.25, -0.2) is 4.79 Å². The summed E-state index contributed by atoms with van der Waals surface area (Å²) in [5.41, 5.74) is 0. The number of aliphatic carboxylic acids is 1. The highest BCUT2D eigenvalue weighted by Gasteiger charge is 2.33. The molecule has 1 amide bonds. The van der Waals surface area contributed by atoms with Gasteiger partial charge in [0.15, 0.2) is 5.82 Å². The van der Waals surface area contributed by atoms with Gasteiger partial charge in [-0.15, -0.1) is 0 Å². The number of hydrogen-bond acceptors (Lipinski definition) is 5. The molecule has 1 aromatic rings. The molecule has 1 aromatic heterocycles. The maximum absolute atomic E-state index is 12.0. The van der Waals surface area contributed by atoms with Gasteiger partial charge < -0.3 is 14.5 Å². The normalized spacial score (nSPS) is 18.8. The predicted molar refractivity (Wildman–Crippen MR) is 64.3 cm³/mol. The Hall–Kier alpha value is -1.92. The number of aryl methyl sites for hydroxylation is 2. The van der Waals surface area contributed by atoms with Crippen LogP contribution in [0.15, 0.2) is 4.52 Å². The highest BCUT2D eigenvalue weighted by Crippen LogP contribution is 2.19. The molecule has 1 N–H and O–H groups in total. The third-order valence-corrected chi connectivity index (χ3v) is 3.21. The van der Waals surface area contributed by atoms with Crippen LogP contribution in [0.25, 0.3) is 0 Å². The zero-order chi connectivity index (χ0) is 13.8. The van der Waals surface area contributed by atoms with Gasteiger partial charge in [0.25, 0.3) is 0 Å². The summed E-state index contributed by atoms with van der Waals surface area (Å²) in [6.07, 6.45) is 2.74. The molecule has 1 atom stereocenters. The molecule has 0 spiro atoms. The minimum Gasteiger partial charge on any atom is -0.480 e. The number of nitrogens with zero attached hydrogens (tertiary/aromatic N) is 3. The molecule has 0 aromatic carbocycles. The Morgan fingerprint density at radius 3 is 2.95 bits per heavy atom. The zero-order valence-electron chi connectivity index (χ0n) is 10.8. The van der Waals surface area contributed by atoms with Crippen LogP contribution in [-0.2, 0) is 16.0 Å². The SMILES string of the molecule is Cc1noc(CCCC(=O)N2CCCC2C(=O)O)n1. The number of carboxylic acids is 1. The number of aromatic nitrogens is 2. The Morgan fingerprint density at radius 2 is 2.32 bits per heavy atom. The van der Waals surface area contributed by atoms with E-state index in [1.807, 2.05) is 0 Å². The third-order valence-electron chi connectivity index (χ3n) is 3.21. The molecule has 2 rings (SSSR count). The number of likely N-dealkylation sites (tertiary alicyclic amines) is 1. The number of carbonyl (C=O) groups excluding carboxylic acids is 1. The number of carboxylic acid groups (broad SMARTS) is 1. The van der Waals surface area contributed by atoms with Crippen LogP contribution in [0.5, 0.6) is 0 Å². The molecule has 7 nitrogen and oxygen atoms in total. The summed E-state index contributed by atoms with van der Waals surface area (Å²) < 4.78 is 4.95. The molecular weight excluding hydrogens is 250 g/mol. The quantitative estimate of drug-likeness (QED) is 0.846. The van der Waals surface area contributed by atoms with Gasteiger partial charge in [0.05, 0.1) is 0 Å². The number of amides is 1. The Labute approximate surface area is 110 Å². The van der Waals surface area contributed by atoms with Gasteiger partial charge in [0.2, 0.25) is 11.8 Å². The minimum absolute atomic E-state index is 0.110. The van der Waals surface area contributed by atoms with Crippen molar-refractivity contribution in [3.05, 3.63) is 11.7 Å². The minimum atomic E-state index is -0.918. The molecule has 1 fully saturated rings. The molecule has 0 saturated carbocycles. The summed E-state index contributed by atoms with van der Waals surface area (Å²) in [5, 5.41) is 12.7. The molecule has 19 heavy (non-hydrogen) atoms. The van der Waals surface area contributed by atoms with E-state index in [0.29, 0.717) is 43.9 Å². The van der Waals surface area contributed by atoms with Crippen LogP contribution in [0.4, 0.5) is 0 Å². The van der Waals surface area contributed by atoms with Crippen molar-refractivity contribution in [3.63, 3.8) is 0 Å². The Bertz CT molecular complexity index is 471. The predicted octanol–water partition coefficient (Wildman–Crippen LogP) is 0.776. The summed E-state index contributed by atoms with van der Waals surface area (Å²) in [4.78, 5) is 28.5. The van der Waals surface area contributed by atoms with E-state index in [2.05, 4.69) is 10.1 Å². The molecule has 0 aliphatic carbocycles. The van der Waals surface area contributed by atoms with Crippen molar-refractivity contribution >= 4 is 11.9 Å². The first-order chi connectivity index (χ1) is 9.08. The first-order valence-electron chi connectivity index (χ1n) is 6.39. The Balaban J connectivity index is 1.79. The lowest BCUT2D eigenvalue weighted by Gasteiger charge is -2.21. The smallest absolute Gasteiger partial charge is 0.326 e. The second-order valence-corrected chi connectivity index (χ2v) is 4.67. The van der Waals surface area contributed by atoms with Crippen molar-refractivity contribution in [2.24, 2.45) is 0 Å². The molecule has 1 aliphatic heterocycles. The molecule has 2 heterocycles. The van der Waals surface area contributed by atoms with E-state index in [9.17, 15) is 9.59 Å². The number of rotatable bonds is 5. The van der Waals surface area contributed by atoms with E-state index < -0.39 is 12.0 Å². The average molecular weight is 267 g/mol. The third kappa shape index (κ3) is 3.30. The fraction of sp³-hybridized carbons (Fsp3) is 0.667. The van der Waals surface area contributed by atoms with Crippen LogP contribution in [0, 0.1) is 6.92 Å². The number of hydrogen-bond donors (Lipinski definition) is 1. The second kappa shape index (κ2) is 5.81. The molecule has 7 heteroatoms. The van der Waals surface area contributed by atoms with Crippen molar-refractivity contribution in [2.45, 2.75) is 45.1 Å². The van der Waals surface area contributed by atoms with Crippen molar-refractivity contribution < 1.29 is 19.2 Å². The first-order valence-corrected chi connectivity index (χ1v) is 6.39.